The van der Waals surface area contributed by atoms with E-state index in [1.165, 1.54) is 5.56 Å². The highest BCUT2D eigenvalue weighted by molar-refractivity contribution is 6.30. The first kappa shape index (κ1) is 17.4. The van der Waals surface area contributed by atoms with Crippen LogP contribution in [0.15, 0.2) is 70.4 Å². The molecule has 5 heteroatoms. The van der Waals surface area contributed by atoms with Crippen LogP contribution in [0.1, 0.15) is 60.9 Å². The third-order valence-corrected chi connectivity index (χ3v) is 5.68. The molecule has 2 aliphatic heterocycles. The molecule has 0 unspecified atom stereocenters. The van der Waals surface area contributed by atoms with Crippen molar-refractivity contribution in [1.29, 1.82) is 0 Å². The molecular weight excluding hydrogens is 372 g/mol. The van der Waals surface area contributed by atoms with Gasteiger partial charge in [0, 0.05) is 22.6 Å². The lowest BCUT2D eigenvalue weighted by atomic mass is 9.96. The number of halogens is 1. The summed E-state index contributed by atoms with van der Waals surface area (Å²) in [7, 11) is 0. The molecule has 142 valence electrons. The van der Waals surface area contributed by atoms with Gasteiger partial charge in [0.05, 0.1) is 12.3 Å². The van der Waals surface area contributed by atoms with Crippen molar-refractivity contribution in [3.05, 3.63) is 88.3 Å². The van der Waals surface area contributed by atoms with Crippen molar-refractivity contribution >= 4 is 17.3 Å². The van der Waals surface area contributed by atoms with Gasteiger partial charge >= 0.3 is 0 Å². The van der Waals surface area contributed by atoms with Gasteiger partial charge in [0.15, 0.2) is 0 Å². The van der Waals surface area contributed by atoms with Gasteiger partial charge in [0.1, 0.15) is 17.2 Å². The molecule has 0 N–H and O–H groups in total. The van der Waals surface area contributed by atoms with Crippen LogP contribution in [0.4, 0.5) is 0 Å². The maximum absolute atomic E-state index is 6.38. The highest BCUT2D eigenvalue weighted by Gasteiger charge is 2.41. The summed E-state index contributed by atoms with van der Waals surface area (Å²) in [4.78, 5) is 0. The average Bonchev–Trinajstić information content (AvgIpc) is 3.37. The summed E-state index contributed by atoms with van der Waals surface area (Å²) in [6.07, 6.45) is 2.15. The van der Waals surface area contributed by atoms with Crippen molar-refractivity contribution in [2.24, 2.45) is 5.10 Å². The topological polar surface area (TPSA) is 38.0 Å². The van der Waals surface area contributed by atoms with Gasteiger partial charge in [-0.15, -0.1) is 0 Å². The summed E-state index contributed by atoms with van der Waals surface area (Å²) in [5.41, 5.74) is 4.38. The number of hydrogen-bond acceptors (Lipinski definition) is 4. The first-order valence-electron chi connectivity index (χ1n) is 9.56. The molecule has 0 saturated carbocycles. The zero-order valence-corrected chi connectivity index (χ0v) is 16.6. The van der Waals surface area contributed by atoms with Gasteiger partial charge in [-0.3, -0.25) is 0 Å². The van der Waals surface area contributed by atoms with Crippen LogP contribution < -0.4 is 4.74 Å². The Morgan fingerprint density at radius 3 is 2.64 bits per heavy atom. The summed E-state index contributed by atoms with van der Waals surface area (Å²) in [5, 5.41) is 7.63. The van der Waals surface area contributed by atoms with E-state index in [1.54, 1.807) is 6.26 Å². The summed E-state index contributed by atoms with van der Waals surface area (Å²) < 4.78 is 12.0. The van der Waals surface area contributed by atoms with E-state index < -0.39 is 0 Å². The van der Waals surface area contributed by atoms with E-state index in [0.29, 0.717) is 10.9 Å². The van der Waals surface area contributed by atoms with Crippen molar-refractivity contribution in [2.45, 2.75) is 38.5 Å². The summed E-state index contributed by atoms with van der Waals surface area (Å²) >= 11 is 6.27. The Hall–Kier alpha value is -2.72. The Balaban J connectivity index is 1.57. The zero-order valence-electron chi connectivity index (χ0n) is 15.8. The lowest BCUT2D eigenvalue weighted by Gasteiger charge is -2.38. The van der Waals surface area contributed by atoms with Gasteiger partial charge in [-0.25, -0.2) is 5.01 Å². The van der Waals surface area contributed by atoms with Crippen LogP contribution in [0.25, 0.3) is 0 Å². The van der Waals surface area contributed by atoms with Gasteiger partial charge in [-0.2, -0.15) is 5.10 Å². The maximum Gasteiger partial charge on any atom is 0.213 e. The normalized spacial score (nSPS) is 20.6. The van der Waals surface area contributed by atoms with Crippen molar-refractivity contribution in [3.8, 4) is 5.75 Å². The van der Waals surface area contributed by atoms with E-state index in [1.807, 2.05) is 35.3 Å². The third kappa shape index (κ3) is 2.89. The molecule has 0 bridgehead atoms. The Labute approximate surface area is 169 Å². The Kier molecular flexibility index (Phi) is 4.17. The molecule has 1 aromatic heterocycles. The molecule has 0 aliphatic carbocycles. The highest BCUT2D eigenvalue weighted by Crippen LogP contribution is 2.48. The van der Waals surface area contributed by atoms with Crippen LogP contribution in [0.5, 0.6) is 5.75 Å². The smallest absolute Gasteiger partial charge is 0.213 e. The minimum absolute atomic E-state index is 0.0670. The lowest BCUT2D eigenvalue weighted by Crippen LogP contribution is -2.33. The fourth-order valence-corrected chi connectivity index (χ4v) is 4.10. The Bertz CT molecular complexity index is 1030. The molecule has 0 radical (unpaired) electrons. The molecule has 28 heavy (non-hydrogen) atoms. The number of furan rings is 1. The zero-order chi connectivity index (χ0) is 19.3. The van der Waals surface area contributed by atoms with Crippen molar-refractivity contribution in [1.82, 2.24) is 5.01 Å². The Morgan fingerprint density at radius 1 is 1.11 bits per heavy atom. The second kappa shape index (κ2) is 6.71. The molecule has 2 aliphatic rings. The first-order valence-corrected chi connectivity index (χ1v) is 9.93. The molecule has 0 spiro atoms. The van der Waals surface area contributed by atoms with Crippen LogP contribution in [-0.2, 0) is 0 Å². The number of fused-ring (bicyclic) bond motifs is 3. The number of hydrazone groups is 1. The third-order valence-electron chi connectivity index (χ3n) is 5.45. The standard InChI is InChI=1S/C23H21ClN2O2/c1-14(2)15-5-7-16(8-6-15)23-26-20(13-19(25-26)22-4-3-11-27-22)18-12-17(24)9-10-21(18)28-23/h3-12,14,20,23H,13H2,1-2H3/t20-,23+/m0/s1. The molecule has 2 aromatic carbocycles. The van der Waals surface area contributed by atoms with E-state index in [9.17, 15) is 0 Å². The van der Waals surface area contributed by atoms with Crippen LogP contribution in [0, 0.1) is 0 Å². The monoisotopic (exact) mass is 392 g/mol. The molecule has 3 aromatic rings. The fourth-order valence-electron chi connectivity index (χ4n) is 3.92. The molecule has 4 nitrogen and oxygen atoms in total. The fraction of sp³-hybridized carbons (Fsp3) is 0.261. The van der Waals surface area contributed by atoms with Gasteiger partial charge in [-0.05, 0) is 41.8 Å². The average molecular weight is 393 g/mol. The number of benzene rings is 2. The Morgan fingerprint density at radius 2 is 1.93 bits per heavy atom. The van der Waals surface area contributed by atoms with Crippen molar-refractivity contribution < 1.29 is 9.15 Å². The summed E-state index contributed by atoms with van der Waals surface area (Å²) in [6.45, 7) is 4.39. The predicted molar refractivity (Wildman–Crippen MR) is 110 cm³/mol. The van der Waals surface area contributed by atoms with E-state index >= 15 is 0 Å². The van der Waals surface area contributed by atoms with E-state index in [0.717, 1.165) is 34.8 Å². The van der Waals surface area contributed by atoms with E-state index in [2.05, 4.69) is 38.1 Å². The molecule has 2 atom stereocenters. The van der Waals surface area contributed by atoms with Gasteiger partial charge < -0.3 is 9.15 Å². The molecule has 5 rings (SSSR count). The van der Waals surface area contributed by atoms with Crippen LogP contribution in [-0.4, -0.2) is 10.7 Å². The molecular formula is C23H21ClN2O2. The maximum atomic E-state index is 6.38. The quantitative estimate of drug-likeness (QED) is 0.525. The summed E-state index contributed by atoms with van der Waals surface area (Å²) in [5.74, 6) is 2.15. The second-order valence-corrected chi connectivity index (χ2v) is 8.03. The van der Waals surface area contributed by atoms with Crippen molar-refractivity contribution in [3.63, 3.8) is 0 Å². The molecule has 0 saturated heterocycles. The van der Waals surface area contributed by atoms with E-state index in [4.69, 9.17) is 25.9 Å². The summed E-state index contributed by atoms with van der Waals surface area (Å²) in [6, 6.07) is 18.3. The largest absolute Gasteiger partial charge is 0.464 e. The van der Waals surface area contributed by atoms with Crippen LogP contribution in [0.2, 0.25) is 5.02 Å². The number of nitrogens with zero attached hydrogens (tertiary/aromatic N) is 2. The first-order chi connectivity index (χ1) is 13.6. The SMILES string of the molecule is CC(C)c1ccc([C@H]2Oc3ccc(Cl)cc3[C@@H]3CC(c4ccco4)=NN23)cc1. The number of rotatable bonds is 3. The van der Waals surface area contributed by atoms with Gasteiger partial charge in [0.2, 0.25) is 6.23 Å². The molecule has 3 heterocycles. The van der Waals surface area contributed by atoms with Crippen LogP contribution >= 0.6 is 11.6 Å². The molecule has 0 fully saturated rings. The minimum Gasteiger partial charge on any atom is -0.464 e. The number of hydrogen-bond donors (Lipinski definition) is 0. The van der Waals surface area contributed by atoms with Gasteiger partial charge in [-0.1, -0.05) is 49.7 Å². The molecule has 0 amide bonds. The predicted octanol–water partition coefficient (Wildman–Crippen LogP) is 6.30. The van der Waals surface area contributed by atoms with E-state index in [-0.39, 0.29) is 12.3 Å². The lowest BCUT2D eigenvalue weighted by molar-refractivity contribution is -0.0190. The number of ether oxygens (including phenoxy) is 1. The minimum atomic E-state index is -0.285. The van der Waals surface area contributed by atoms with Crippen molar-refractivity contribution in [2.75, 3.05) is 0 Å². The van der Waals surface area contributed by atoms with Crippen LogP contribution in [0.3, 0.4) is 0 Å². The highest BCUT2D eigenvalue weighted by atomic mass is 35.5. The van der Waals surface area contributed by atoms with Gasteiger partial charge in [0.25, 0.3) is 0 Å². The second-order valence-electron chi connectivity index (χ2n) is 7.60.